The highest BCUT2D eigenvalue weighted by molar-refractivity contribution is 7.07. The molecule has 1 heterocycles. The molecule has 0 fully saturated rings. The van der Waals surface area contributed by atoms with Crippen LogP contribution in [0.3, 0.4) is 0 Å². The van der Waals surface area contributed by atoms with Crippen molar-refractivity contribution in [2.75, 3.05) is 13.6 Å². The van der Waals surface area contributed by atoms with Crippen LogP contribution in [0.2, 0.25) is 0 Å². The van der Waals surface area contributed by atoms with E-state index >= 15 is 0 Å². The maximum Gasteiger partial charge on any atom is 0.265 e. The highest BCUT2D eigenvalue weighted by Gasteiger charge is 2.24. The molecule has 5 nitrogen and oxygen atoms in total. The molecule has 0 radical (unpaired) electrons. The number of benzene rings is 1. The average molecular weight is 304 g/mol. The van der Waals surface area contributed by atoms with Crippen molar-refractivity contribution in [1.29, 1.82) is 0 Å². The number of carbonyl (C=O) groups excluding carboxylic acids is 1. The highest BCUT2D eigenvalue weighted by Crippen LogP contribution is 2.11. The predicted molar refractivity (Wildman–Crippen MR) is 84.2 cm³/mol. The van der Waals surface area contributed by atoms with Crippen LogP contribution in [0.5, 0.6) is 0 Å². The van der Waals surface area contributed by atoms with Crippen molar-refractivity contribution in [2.24, 2.45) is 0 Å². The maximum atomic E-state index is 12.1. The zero-order chi connectivity index (χ0) is 15.3. The lowest BCUT2D eigenvalue weighted by atomic mass is 10.0. The summed E-state index contributed by atoms with van der Waals surface area (Å²) < 4.78 is 3.71. The average Bonchev–Trinajstić information content (AvgIpc) is 2.92. The molecule has 1 aromatic heterocycles. The molecule has 0 atom stereocenters. The Balaban J connectivity index is 1.89. The fraction of sp³-hybridized carbons (Fsp3) is 0.400. The van der Waals surface area contributed by atoms with Gasteiger partial charge in [-0.15, -0.1) is 5.10 Å². The zero-order valence-electron chi connectivity index (χ0n) is 12.5. The molecule has 2 aromatic rings. The monoisotopic (exact) mass is 304 g/mol. The second kappa shape index (κ2) is 6.78. The number of aromatic nitrogens is 2. The van der Waals surface area contributed by atoms with Crippen LogP contribution in [0.1, 0.15) is 29.1 Å². The summed E-state index contributed by atoms with van der Waals surface area (Å²) in [6.45, 7) is 5.63. The highest BCUT2D eigenvalue weighted by atomic mass is 32.1. The standard InChI is InChI=1S/C15H20N4OS/c1-15(2,17-14(20)13-9-16-18-21-13)11-19(3)10-12-7-5-4-6-8-12/h4-9H,10-11H2,1-3H3,(H,17,20). The number of nitrogens with zero attached hydrogens (tertiary/aromatic N) is 3. The molecule has 0 saturated heterocycles. The lowest BCUT2D eigenvalue weighted by molar-refractivity contribution is 0.0897. The molecule has 112 valence electrons. The van der Waals surface area contributed by atoms with Crippen molar-refractivity contribution in [3.05, 3.63) is 47.0 Å². The molecule has 2 rings (SSSR count). The summed E-state index contributed by atoms with van der Waals surface area (Å²) in [5.74, 6) is -0.122. The number of rotatable bonds is 6. The van der Waals surface area contributed by atoms with Gasteiger partial charge in [-0.05, 0) is 38.0 Å². The topological polar surface area (TPSA) is 58.1 Å². The van der Waals surface area contributed by atoms with E-state index in [9.17, 15) is 4.79 Å². The predicted octanol–water partition coefficient (Wildman–Crippen LogP) is 2.18. The Morgan fingerprint density at radius 1 is 1.33 bits per heavy atom. The Bertz CT molecular complexity index is 569. The van der Waals surface area contributed by atoms with E-state index in [4.69, 9.17) is 0 Å². The second-order valence-electron chi connectivity index (χ2n) is 5.78. The zero-order valence-corrected chi connectivity index (χ0v) is 13.4. The van der Waals surface area contributed by atoms with Crippen LogP contribution in [-0.2, 0) is 6.54 Å². The van der Waals surface area contributed by atoms with E-state index in [-0.39, 0.29) is 11.4 Å². The lowest BCUT2D eigenvalue weighted by Crippen LogP contribution is -2.50. The lowest BCUT2D eigenvalue weighted by Gasteiger charge is -2.31. The molecule has 0 saturated carbocycles. The van der Waals surface area contributed by atoms with Gasteiger partial charge in [-0.3, -0.25) is 9.69 Å². The first-order valence-corrected chi connectivity index (χ1v) is 7.56. The van der Waals surface area contributed by atoms with Crippen molar-refractivity contribution < 1.29 is 4.79 Å². The molecule has 0 aliphatic heterocycles. The van der Waals surface area contributed by atoms with Crippen LogP contribution in [-0.4, -0.2) is 39.5 Å². The van der Waals surface area contributed by atoms with Gasteiger partial charge in [0.2, 0.25) is 0 Å². The van der Waals surface area contributed by atoms with Crippen LogP contribution in [0.4, 0.5) is 0 Å². The normalized spacial score (nSPS) is 11.6. The third-order valence-electron chi connectivity index (χ3n) is 3.00. The van der Waals surface area contributed by atoms with Gasteiger partial charge in [-0.25, -0.2) is 0 Å². The first kappa shape index (κ1) is 15.6. The quantitative estimate of drug-likeness (QED) is 0.888. The van der Waals surface area contributed by atoms with Gasteiger partial charge < -0.3 is 5.32 Å². The molecular formula is C15H20N4OS. The number of nitrogens with one attached hydrogen (secondary N) is 1. The first-order chi connectivity index (χ1) is 9.96. The number of hydrogen-bond donors (Lipinski definition) is 1. The molecule has 0 spiro atoms. The summed E-state index contributed by atoms with van der Waals surface area (Å²) in [6.07, 6.45) is 1.49. The van der Waals surface area contributed by atoms with Crippen molar-refractivity contribution in [1.82, 2.24) is 19.8 Å². The van der Waals surface area contributed by atoms with E-state index in [1.807, 2.05) is 32.0 Å². The van der Waals surface area contributed by atoms with E-state index in [0.717, 1.165) is 24.6 Å². The fourth-order valence-electron chi connectivity index (χ4n) is 2.30. The molecule has 0 aliphatic carbocycles. The number of carbonyl (C=O) groups is 1. The summed E-state index contributed by atoms with van der Waals surface area (Å²) in [4.78, 5) is 14.8. The summed E-state index contributed by atoms with van der Waals surface area (Å²) in [6, 6.07) is 10.3. The SMILES string of the molecule is CN(Cc1ccccc1)CC(C)(C)NC(=O)c1cnns1. The van der Waals surface area contributed by atoms with Gasteiger partial charge in [-0.2, -0.15) is 0 Å². The number of likely N-dealkylation sites (N-methyl/N-ethyl adjacent to an activating group) is 1. The van der Waals surface area contributed by atoms with Crippen LogP contribution in [0.25, 0.3) is 0 Å². The minimum Gasteiger partial charge on any atom is -0.345 e. The van der Waals surface area contributed by atoms with Gasteiger partial charge in [0.1, 0.15) is 4.88 Å². The van der Waals surface area contributed by atoms with E-state index in [2.05, 4.69) is 39.0 Å². The van der Waals surface area contributed by atoms with Gasteiger partial charge >= 0.3 is 0 Å². The smallest absolute Gasteiger partial charge is 0.265 e. The summed E-state index contributed by atoms with van der Waals surface area (Å²) in [5.41, 5.74) is 0.929. The number of amides is 1. The minimum absolute atomic E-state index is 0.122. The second-order valence-corrected chi connectivity index (χ2v) is 6.56. The van der Waals surface area contributed by atoms with Crippen molar-refractivity contribution in [3.63, 3.8) is 0 Å². The Morgan fingerprint density at radius 2 is 2.05 bits per heavy atom. The molecule has 1 aromatic carbocycles. The molecule has 1 amide bonds. The van der Waals surface area contributed by atoms with Gasteiger partial charge in [0.05, 0.1) is 6.20 Å². The molecule has 0 unspecified atom stereocenters. The summed E-state index contributed by atoms with van der Waals surface area (Å²) >= 11 is 1.11. The van der Waals surface area contributed by atoms with E-state index in [0.29, 0.717) is 4.88 Å². The van der Waals surface area contributed by atoms with Gasteiger partial charge in [0.15, 0.2) is 0 Å². The Kier molecular flexibility index (Phi) is 5.03. The van der Waals surface area contributed by atoms with Crippen molar-refractivity contribution in [3.8, 4) is 0 Å². The van der Waals surface area contributed by atoms with Crippen LogP contribution >= 0.6 is 11.5 Å². The summed E-state index contributed by atoms with van der Waals surface area (Å²) in [5, 5.41) is 6.71. The third kappa shape index (κ3) is 4.91. The third-order valence-corrected chi connectivity index (χ3v) is 3.66. The fourth-order valence-corrected chi connectivity index (χ4v) is 2.71. The molecular weight excluding hydrogens is 284 g/mol. The minimum atomic E-state index is -0.329. The Hall–Kier alpha value is -1.79. The summed E-state index contributed by atoms with van der Waals surface area (Å²) in [7, 11) is 2.05. The van der Waals surface area contributed by atoms with E-state index < -0.39 is 0 Å². The van der Waals surface area contributed by atoms with Crippen molar-refractivity contribution >= 4 is 17.4 Å². The largest absolute Gasteiger partial charge is 0.345 e. The van der Waals surface area contributed by atoms with E-state index in [1.54, 1.807) is 0 Å². The van der Waals surface area contributed by atoms with Crippen LogP contribution in [0, 0.1) is 0 Å². The van der Waals surface area contributed by atoms with Crippen LogP contribution in [0.15, 0.2) is 36.5 Å². The van der Waals surface area contributed by atoms with Gasteiger partial charge in [0, 0.05) is 18.6 Å². The Labute approximate surface area is 129 Å². The number of hydrogen-bond acceptors (Lipinski definition) is 5. The van der Waals surface area contributed by atoms with E-state index in [1.165, 1.54) is 11.8 Å². The van der Waals surface area contributed by atoms with Gasteiger partial charge in [-0.1, -0.05) is 34.8 Å². The van der Waals surface area contributed by atoms with Gasteiger partial charge in [0.25, 0.3) is 5.91 Å². The molecule has 1 N–H and O–H groups in total. The Morgan fingerprint density at radius 3 is 2.67 bits per heavy atom. The molecule has 0 bridgehead atoms. The maximum absolute atomic E-state index is 12.1. The molecule has 0 aliphatic rings. The molecule has 21 heavy (non-hydrogen) atoms. The first-order valence-electron chi connectivity index (χ1n) is 6.79. The van der Waals surface area contributed by atoms with Crippen molar-refractivity contribution in [2.45, 2.75) is 25.9 Å². The van der Waals surface area contributed by atoms with Crippen LogP contribution < -0.4 is 5.32 Å². The molecule has 6 heteroatoms.